The number of hydrogen-bond acceptors (Lipinski definition) is 4. The molecule has 0 aromatic carbocycles. The summed E-state index contributed by atoms with van der Waals surface area (Å²) in [5.41, 5.74) is -0.919. The van der Waals surface area contributed by atoms with E-state index in [0.717, 1.165) is 24.0 Å². The van der Waals surface area contributed by atoms with Gasteiger partial charge in [0.05, 0.1) is 6.61 Å². The SMILES string of the molecule is COCCSc1nccc(C(F)(F)F)n1. The summed E-state index contributed by atoms with van der Waals surface area (Å²) in [6.45, 7) is 0.449. The van der Waals surface area contributed by atoms with Crippen molar-refractivity contribution in [3.8, 4) is 0 Å². The first kappa shape index (κ1) is 12.3. The van der Waals surface area contributed by atoms with Crippen molar-refractivity contribution in [3.63, 3.8) is 0 Å². The van der Waals surface area contributed by atoms with E-state index in [2.05, 4.69) is 9.97 Å². The Morgan fingerprint density at radius 1 is 1.47 bits per heavy atom. The number of ether oxygens (including phenoxy) is 1. The van der Waals surface area contributed by atoms with Crippen LogP contribution in [0.2, 0.25) is 0 Å². The lowest BCUT2D eigenvalue weighted by molar-refractivity contribution is -0.141. The second-order valence-electron chi connectivity index (χ2n) is 2.56. The van der Waals surface area contributed by atoms with Gasteiger partial charge in [0, 0.05) is 19.1 Å². The number of hydrogen-bond donors (Lipinski definition) is 0. The number of methoxy groups -OCH3 is 1. The van der Waals surface area contributed by atoms with Crippen molar-refractivity contribution in [1.29, 1.82) is 0 Å². The molecule has 15 heavy (non-hydrogen) atoms. The number of aromatic nitrogens is 2. The smallest absolute Gasteiger partial charge is 0.384 e. The van der Waals surface area contributed by atoms with Gasteiger partial charge in [-0.25, -0.2) is 9.97 Å². The third-order valence-corrected chi connectivity index (χ3v) is 2.27. The van der Waals surface area contributed by atoms with Crippen LogP contribution in [0.1, 0.15) is 5.69 Å². The van der Waals surface area contributed by atoms with Gasteiger partial charge in [-0.3, -0.25) is 0 Å². The fraction of sp³-hybridized carbons (Fsp3) is 0.500. The quantitative estimate of drug-likeness (QED) is 0.458. The van der Waals surface area contributed by atoms with Crippen LogP contribution in [0.15, 0.2) is 17.4 Å². The Kier molecular flexibility index (Phi) is 4.34. The molecule has 3 nitrogen and oxygen atoms in total. The molecule has 7 heteroatoms. The van der Waals surface area contributed by atoms with E-state index in [9.17, 15) is 13.2 Å². The molecular weight excluding hydrogens is 229 g/mol. The van der Waals surface area contributed by atoms with E-state index < -0.39 is 11.9 Å². The van der Waals surface area contributed by atoms with E-state index in [1.807, 2.05) is 0 Å². The van der Waals surface area contributed by atoms with Gasteiger partial charge in [0.2, 0.25) is 0 Å². The maximum Gasteiger partial charge on any atom is 0.433 e. The number of rotatable bonds is 4. The molecule has 0 saturated carbocycles. The zero-order valence-electron chi connectivity index (χ0n) is 7.91. The molecule has 0 amide bonds. The first-order valence-corrected chi connectivity index (χ1v) is 5.04. The Bertz CT molecular complexity index is 319. The summed E-state index contributed by atoms with van der Waals surface area (Å²) in [5.74, 6) is 0.526. The maximum absolute atomic E-state index is 12.2. The molecule has 1 heterocycles. The first-order valence-electron chi connectivity index (χ1n) is 4.06. The van der Waals surface area contributed by atoms with E-state index in [1.54, 1.807) is 0 Å². The Balaban J connectivity index is 2.66. The van der Waals surface area contributed by atoms with Gasteiger partial charge in [-0.2, -0.15) is 13.2 Å². The highest BCUT2D eigenvalue weighted by Crippen LogP contribution is 2.28. The normalized spacial score (nSPS) is 11.7. The van der Waals surface area contributed by atoms with Gasteiger partial charge in [0.1, 0.15) is 5.69 Å². The van der Waals surface area contributed by atoms with Crippen molar-refractivity contribution in [2.45, 2.75) is 11.3 Å². The molecule has 0 aliphatic carbocycles. The highest BCUT2D eigenvalue weighted by Gasteiger charge is 2.32. The second kappa shape index (κ2) is 5.32. The summed E-state index contributed by atoms with van der Waals surface area (Å²) >= 11 is 1.13. The summed E-state index contributed by atoms with van der Waals surface area (Å²) in [6, 6.07) is 0.848. The van der Waals surface area contributed by atoms with Crippen LogP contribution in [0.3, 0.4) is 0 Å². The molecule has 0 spiro atoms. The maximum atomic E-state index is 12.2. The zero-order valence-corrected chi connectivity index (χ0v) is 8.73. The number of thioether (sulfide) groups is 1. The third kappa shape index (κ3) is 4.05. The summed E-state index contributed by atoms with van der Waals surface area (Å²) in [7, 11) is 1.52. The minimum Gasteiger partial charge on any atom is -0.384 e. The van der Waals surface area contributed by atoms with Gasteiger partial charge in [-0.15, -0.1) is 0 Å². The molecule has 0 fully saturated rings. The molecule has 84 valence electrons. The Hall–Kier alpha value is -0.820. The highest BCUT2D eigenvalue weighted by atomic mass is 32.2. The van der Waals surface area contributed by atoms with Gasteiger partial charge in [-0.1, -0.05) is 11.8 Å². The van der Waals surface area contributed by atoms with Crippen LogP contribution < -0.4 is 0 Å². The minimum absolute atomic E-state index is 0.113. The van der Waals surface area contributed by atoms with Crippen molar-refractivity contribution in [3.05, 3.63) is 18.0 Å². The van der Waals surface area contributed by atoms with Crippen LogP contribution in [-0.2, 0) is 10.9 Å². The molecule has 1 aromatic rings. The van der Waals surface area contributed by atoms with Gasteiger partial charge in [0.25, 0.3) is 0 Å². The molecule has 0 N–H and O–H groups in total. The zero-order chi connectivity index (χ0) is 11.3. The van der Waals surface area contributed by atoms with Crippen molar-refractivity contribution >= 4 is 11.8 Å². The second-order valence-corrected chi connectivity index (χ2v) is 3.63. The third-order valence-electron chi connectivity index (χ3n) is 1.44. The summed E-state index contributed by atoms with van der Waals surface area (Å²) in [5, 5.41) is 0.113. The molecule has 0 aliphatic heterocycles. The van der Waals surface area contributed by atoms with Gasteiger partial charge in [0.15, 0.2) is 5.16 Å². The summed E-state index contributed by atoms with van der Waals surface area (Å²) < 4.78 is 41.5. The van der Waals surface area contributed by atoms with Gasteiger partial charge in [-0.05, 0) is 6.07 Å². The molecule has 0 atom stereocenters. The predicted octanol–water partition coefficient (Wildman–Crippen LogP) is 2.23. The molecular formula is C8H9F3N2OS. The average molecular weight is 238 g/mol. The molecule has 0 bridgehead atoms. The van der Waals surface area contributed by atoms with E-state index in [1.165, 1.54) is 7.11 Å². The van der Waals surface area contributed by atoms with Crippen molar-refractivity contribution in [2.75, 3.05) is 19.5 Å². The molecule has 0 saturated heterocycles. The standard InChI is InChI=1S/C8H9F3N2OS/c1-14-4-5-15-7-12-3-2-6(13-7)8(9,10)11/h2-3H,4-5H2,1H3. The predicted molar refractivity (Wildman–Crippen MR) is 49.6 cm³/mol. The number of alkyl halides is 3. The van der Waals surface area contributed by atoms with Crippen LogP contribution in [0.5, 0.6) is 0 Å². The fourth-order valence-electron chi connectivity index (χ4n) is 0.785. The van der Waals surface area contributed by atoms with Crippen LogP contribution in [0.25, 0.3) is 0 Å². The number of nitrogens with zero attached hydrogens (tertiary/aromatic N) is 2. The molecule has 1 rings (SSSR count). The Morgan fingerprint density at radius 2 is 2.20 bits per heavy atom. The lowest BCUT2D eigenvalue weighted by Gasteiger charge is -2.06. The van der Waals surface area contributed by atoms with Crippen molar-refractivity contribution < 1.29 is 17.9 Å². The lowest BCUT2D eigenvalue weighted by atomic mass is 10.4. The van der Waals surface area contributed by atoms with Crippen LogP contribution in [-0.4, -0.2) is 29.4 Å². The van der Waals surface area contributed by atoms with E-state index >= 15 is 0 Å². The minimum atomic E-state index is -4.42. The van der Waals surface area contributed by atoms with Crippen LogP contribution >= 0.6 is 11.8 Å². The molecule has 0 radical (unpaired) electrons. The Labute approximate surface area is 89.1 Å². The fourth-order valence-corrected chi connectivity index (χ4v) is 1.52. The lowest BCUT2D eigenvalue weighted by Crippen LogP contribution is -2.09. The summed E-state index contributed by atoms with van der Waals surface area (Å²) in [6.07, 6.45) is -3.32. The Morgan fingerprint density at radius 3 is 2.80 bits per heavy atom. The molecule has 0 unspecified atom stereocenters. The van der Waals surface area contributed by atoms with Gasteiger partial charge < -0.3 is 4.74 Å². The van der Waals surface area contributed by atoms with E-state index in [-0.39, 0.29) is 5.16 Å². The number of halogens is 3. The van der Waals surface area contributed by atoms with E-state index in [4.69, 9.17) is 4.74 Å². The first-order chi connectivity index (χ1) is 7.04. The van der Waals surface area contributed by atoms with Crippen molar-refractivity contribution in [2.24, 2.45) is 0 Å². The molecule has 1 aromatic heterocycles. The van der Waals surface area contributed by atoms with Crippen LogP contribution in [0.4, 0.5) is 13.2 Å². The van der Waals surface area contributed by atoms with Crippen LogP contribution in [0, 0.1) is 0 Å². The van der Waals surface area contributed by atoms with E-state index in [0.29, 0.717) is 12.4 Å². The van der Waals surface area contributed by atoms with Crippen molar-refractivity contribution in [1.82, 2.24) is 9.97 Å². The summed E-state index contributed by atoms with van der Waals surface area (Å²) in [4.78, 5) is 7.11. The topological polar surface area (TPSA) is 35.0 Å². The highest BCUT2D eigenvalue weighted by molar-refractivity contribution is 7.99. The monoisotopic (exact) mass is 238 g/mol. The average Bonchev–Trinajstić information content (AvgIpc) is 2.17. The molecule has 0 aliphatic rings. The largest absolute Gasteiger partial charge is 0.433 e. The van der Waals surface area contributed by atoms with Gasteiger partial charge >= 0.3 is 6.18 Å².